The van der Waals surface area contributed by atoms with Crippen molar-refractivity contribution in [3.8, 4) is 0 Å². The number of nitrogen functional groups attached to an aromatic ring is 1. The first-order valence-electron chi connectivity index (χ1n) is 5.94. The number of hydrogen-bond acceptors (Lipinski definition) is 3. The highest BCUT2D eigenvalue weighted by atomic mass is 35.5. The van der Waals surface area contributed by atoms with Crippen LogP contribution in [-0.4, -0.2) is 11.9 Å². The minimum Gasteiger partial charge on any atom is -0.469 e. The third-order valence-corrected chi connectivity index (χ3v) is 3.03. The number of nitrogens with two attached hydrogens (primary N) is 1. The largest absolute Gasteiger partial charge is 0.469 e. The van der Waals surface area contributed by atoms with Gasteiger partial charge in [-0.15, -0.1) is 0 Å². The predicted octanol–water partition coefficient (Wildman–Crippen LogP) is 2.88. The Morgan fingerprint density at radius 3 is 2.95 bits per heavy atom. The van der Waals surface area contributed by atoms with Gasteiger partial charge in [0, 0.05) is 18.2 Å². The fourth-order valence-electron chi connectivity index (χ4n) is 1.80. The molecule has 0 aliphatic carbocycles. The highest BCUT2D eigenvalue weighted by Crippen LogP contribution is 2.19. The number of rotatable bonds is 4. The van der Waals surface area contributed by atoms with Crippen molar-refractivity contribution in [2.75, 3.05) is 5.73 Å². The highest BCUT2D eigenvalue weighted by Gasteiger charge is 2.14. The maximum atomic E-state index is 12.1. The van der Waals surface area contributed by atoms with E-state index < -0.39 is 0 Å². The van der Waals surface area contributed by atoms with E-state index in [1.807, 2.05) is 19.1 Å². The van der Waals surface area contributed by atoms with E-state index in [0.29, 0.717) is 22.7 Å². The van der Waals surface area contributed by atoms with Crippen LogP contribution in [0.1, 0.15) is 23.0 Å². The second kappa shape index (κ2) is 5.80. The summed E-state index contributed by atoms with van der Waals surface area (Å²) in [5.74, 6) is 0.586. The minimum atomic E-state index is -0.239. The molecule has 0 aliphatic heterocycles. The molecule has 0 spiro atoms. The number of furan rings is 1. The molecule has 100 valence electrons. The van der Waals surface area contributed by atoms with E-state index in [1.165, 1.54) is 0 Å². The van der Waals surface area contributed by atoms with Crippen LogP contribution in [0.15, 0.2) is 41.0 Å². The van der Waals surface area contributed by atoms with Gasteiger partial charge in [-0.25, -0.2) is 0 Å². The molecule has 1 atom stereocenters. The van der Waals surface area contributed by atoms with E-state index in [0.717, 1.165) is 5.76 Å². The molecule has 0 saturated carbocycles. The van der Waals surface area contributed by atoms with Gasteiger partial charge in [0.25, 0.3) is 5.91 Å². The van der Waals surface area contributed by atoms with E-state index in [9.17, 15) is 4.79 Å². The Morgan fingerprint density at radius 2 is 2.26 bits per heavy atom. The fraction of sp³-hybridized carbons (Fsp3) is 0.214. The van der Waals surface area contributed by atoms with Crippen molar-refractivity contribution in [2.45, 2.75) is 19.4 Å². The average molecular weight is 279 g/mol. The molecule has 1 amide bonds. The summed E-state index contributed by atoms with van der Waals surface area (Å²) in [5.41, 5.74) is 6.54. The van der Waals surface area contributed by atoms with Crippen LogP contribution in [0, 0.1) is 0 Å². The second-order valence-electron chi connectivity index (χ2n) is 4.40. The van der Waals surface area contributed by atoms with Crippen LogP contribution in [-0.2, 0) is 6.42 Å². The number of carbonyl (C=O) groups excluding carboxylic acids is 1. The number of amides is 1. The number of hydrogen-bond donors (Lipinski definition) is 2. The highest BCUT2D eigenvalue weighted by molar-refractivity contribution is 6.34. The minimum absolute atomic E-state index is 0.0591. The van der Waals surface area contributed by atoms with Crippen molar-refractivity contribution < 1.29 is 9.21 Å². The van der Waals surface area contributed by atoms with E-state index >= 15 is 0 Å². The van der Waals surface area contributed by atoms with Gasteiger partial charge in [-0.3, -0.25) is 4.79 Å². The summed E-state index contributed by atoms with van der Waals surface area (Å²) in [6.07, 6.45) is 2.23. The topological polar surface area (TPSA) is 68.3 Å². The van der Waals surface area contributed by atoms with Crippen molar-refractivity contribution >= 4 is 23.2 Å². The number of nitrogens with one attached hydrogen (secondary N) is 1. The molecule has 0 fully saturated rings. The summed E-state index contributed by atoms with van der Waals surface area (Å²) >= 11 is 5.98. The maximum Gasteiger partial charge on any atom is 0.253 e. The molecule has 4 nitrogen and oxygen atoms in total. The number of benzene rings is 1. The van der Waals surface area contributed by atoms with Gasteiger partial charge < -0.3 is 15.5 Å². The maximum absolute atomic E-state index is 12.1. The lowest BCUT2D eigenvalue weighted by Crippen LogP contribution is -2.34. The molecule has 0 saturated heterocycles. The number of anilines is 1. The molecule has 2 rings (SSSR count). The van der Waals surface area contributed by atoms with Crippen molar-refractivity contribution in [3.63, 3.8) is 0 Å². The van der Waals surface area contributed by atoms with Crippen LogP contribution in [0.25, 0.3) is 0 Å². The van der Waals surface area contributed by atoms with Crippen LogP contribution in [0.4, 0.5) is 5.69 Å². The lowest BCUT2D eigenvalue weighted by Gasteiger charge is -2.13. The van der Waals surface area contributed by atoms with E-state index in [4.69, 9.17) is 21.8 Å². The molecular formula is C14H15ClN2O2. The molecule has 2 aromatic rings. The summed E-state index contributed by atoms with van der Waals surface area (Å²) < 4.78 is 5.24. The normalized spacial score (nSPS) is 12.1. The van der Waals surface area contributed by atoms with E-state index in [2.05, 4.69) is 5.32 Å². The van der Waals surface area contributed by atoms with E-state index in [-0.39, 0.29) is 11.9 Å². The summed E-state index contributed by atoms with van der Waals surface area (Å²) in [6.45, 7) is 1.90. The lowest BCUT2D eigenvalue weighted by atomic mass is 10.1. The van der Waals surface area contributed by atoms with E-state index in [1.54, 1.807) is 24.5 Å². The molecule has 1 aromatic carbocycles. The van der Waals surface area contributed by atoms with Crippen molar-refractivity contribution in [1.82, 2.24) is 5.32 Å². The zero-order valence-corrected chi connectivity index (χ0v) is 11.3. The van der Waals surface area contributed by atoms with Crippen molar-refractivity contribution in [2.24, 2.45) is 0 Å². The molecule has 0 bridgehead atoms. The van der Waals surface area contributed by atoms with Crippen LogP contribution >= 0.6 is 11.6 Å². The molecule has 0 aliphatic rings. The molecule has 1 heterocycles. The third-order valence-electron chi connectivity index (χ3n) is 2.70. The van der Waals surface area contributed by atoms with Gasteiger partial charge in [-0.1, -0.05) is 11.6 Å². The Balaban J connectivity index is 2.02. The first-order chi connectivity index (χ1) is 9.06. The third kappa shape index (κ3) is 3.51. The Kier molecular flexibility index (Phi) is 4.12. The van der Waals surface area contributed by atoms with Crippen LogP contribution < -0.4 is 11.1 Å². The monoisotopic (exact) mass is 278 g/mol. The first-order valence-corrected chi connectivity index (χ1v) is 6.32. The smallest absolute Gasteiger partial charge is 0.253 e. The van der Waals surface area contributed by atoms with Gasteiger partial charge in [0.05, 0.1) is 16.8 Å². The SMILES string of the molecule is CC(Cc1ccco1)NC(=O)c1cc(N)ccc1Cl. The van der Waals surface area contributed by atoms with Gasteiger partial charge in [-0.05, 0) is 37.3 Å². The van der Waals surface area contributed by atoms with Crippen LogP contribution in [0.3, 0.4) is 0 Å². The van der Waals surface area contributed by atoms with Gasteiger partial charge in [0.15, 0.2) is 0 Å². The van der Waals surface area contributed by atoms with Gasteiger partial charge in [0.2, 0.25) is 0 Å². The first kappa shape index (κ1) is 13.5. The van der Waals surface area contributed by atoms with Crippen molar-refractivity contribution in [3.05, 3.63) is 52.9 Å². The molecule has 3 N–H and O–H groups in total. The summed E-state index contributed by atoms with van der Waals surface area (Å²) in [6, 6.07) is 8.47. The second-order valence-corrected chi connectivity index (χ2v) is 4.80. The van der Waals surface area contributed by atoms with Crippen LogP contribution in [0.2, 0.25) is 5.02 Å². The summed E-state index contributed by atoms with van der Waals surface area (Å²) in [5, 5.41) is 3.25. The standard InChI is InChI=1S/C14H15ClN2O2/c1-9(7-11-3-2-6-19-11)17-14(18)12-8-10(16)4-5-13(12)15/h2-6,8-9H,7,16H2,1H3,(H,17,18). The van der Waals surface area contributed by atoms with Crippen molar-refractivity contribution in [1.29, 1.82) is 0 Å². The number of carbonyl (C=O) groups is 1. The Labute approximate surface area is 116 Å². The Morgan fingerprint density at radius 1 is 1.47 bits per heavy atom. The van der Waals surface area contributed by atoms with Gasteiger partial charge in [0.1, 0.15) is 5.76 Å². The molecular weight excluding hydrogens is 264 g/mol. The van der Waals surface area contributed by atoms with Crippen LogP contribution in [0.5, 0.6) is 0 Å². The zero-order valence-electron chi connectivity index (χ0n) is 10.5. The molecule has 5 heteroatoms. The Hall–Kier alpha value is -1.94. The molecule has 1 unspecified atom stereocenters. The Bertz CT molecular complexity index is 567. The number of halogens is 1. The molecule has 1 aromatic heterocycles. The quantitative estimate of drug-likeness (QED) is 0.845. The average Bonchev–Trinajstić information content (AvgIpc) is 2.84. The zero-order chi connectivity index (χ0) is 13.8. The predicted molar refractivity (Wildman–Crippen MR) is 75.2 cm³/mol. The summed E-state index contributed by atoms with van der Waals surface area (Å²) in [4.78, 5) is 12.1. The molecule has 19 heavy (non-hydrogen) atoms. The lowest BCUT2D eigenvalue weighted by molar-refractivity contribution is 0.0939. The fourth-order valence-corrected chi connectivity index (χ4v) is 2.00. The van der Waals surface area contributed by atoms with Gasteiger partial charge >= 0.3 is 0 Å². The molecule has 0 radical (unpaired) electrons. The van der Waals surface area contributed by atoms with Gasteiger partial charge in [-0.2, -0.15) is 0 Å². The summed E-state index contributed by atoms with van der Waals surface area (Å²) in [7, 11) is 0.